The fourth-order valence-electron chi connectivity index (χ4n) is 1.86. The Morgan fingerprint density at radius 3 is 2.62 bits per heavy atom. The first kappa shape index (κ1) is 17.0. The van der Waals surface area contributed by atoms with Crippen molar-refractivity contribution in [1.29, 1.82) is 5.26 Å². The summed E-state index contributed by atoms with van der Waals surface area (Å²) in [6.45, 7) is 2.04. The van der Waals surface area contributed by atoms with E-state index in [0.29, 0.717) is 12.5 Å². The highest BCUT2D eigenvalue weighted by Gasteiger charge is 2.31. The van der Waals surface area contributed by atoms with Crippen LogP contribution in [0.1, 0.15) is 30.9 Å². The van der Waals surface area contributed by atoms with Gasteiger partial charge in [0.25, 0.3) is 0 Å². The van der Waals surface area contributed by atoms with Crippen LogP contribution in [0.2, 0.25) is 0 Å². The molecule has 0 aliphatic rings. The van der Waals surface area contributed by atoms with E-state index in [1.54, 1.807) is 6.07 Å². The molecular weight excluding hydrogens is 283 g/mol. The smallest absolute Gasteiger partial charge is 0.330 e. The molecule has 0 bridgehead atoms. The van der Waals surface area contributed by atoms with Crippen molar-refractivity contribution in [2.24, 2.45) is 11.7 Å². The fraction of sp³-hybridized carbons (Fsp3) is 0.429. The number of amides is 1. The standard InChI is InChI=1S/C14H16F3N3O/c1-2-3-9(7-18)13(21)20-12-5-4-11(14(15,16)17)6-10(12)8-19/h4-6,9H,2-3,7,18H2,1H3,(H,20,21). The summed E-state index contributed by atoms with van der Waals surface area (Å²) >= 11 is 0. The molecule has 1 aromatic carbocycles. The van der Waals surface area contributed by atoms with Gasteiger partial charge in [0.2, 0.25) is 5.91 Å². The molecule has 3 N–H and O–H groups in total. The molecule has 114 valence electrons. The number of nitrogens with zero attached hydrogens (tertiary/aromatic N) is 1. The van der Waals surface area contributed by atoms with Gasteiger partial charge in [-0.2, -0.15) is 18.4 Å². The van der Waals surface area contributed by atoms with E-state index in [1.807, 2.05) is 6.92 Å². The molecule has 0 aliphatic heterocycles. The number of carbonyl (C=O) groups excluding carboxylic acids is 1. The highest BCUT2D eigenvalue weighted by Crippen LogP contribution is 2.31. The maximum atomic E-state index is 12.6. The summed E-state index contributed by atoms with van der Waals surface area (Å²) in [5.74, 6) is -0.820. The number of nitrogens with two attached hydrogens (primary N) is 1. The quantitative estimate of drug-likeness (QED) is 0.877. The molecule has 0 fully saturated rings. The number of benzene rings is 1. The topological polar surface area (TPSA) is 78.9 Å². The van der Waals surface area contributed by atoms with Crippen LogP contribution in [0.15, 0.2) is 18.2 Å². The van der Waals surface area contributed by atoms with Gasteiger partial charge in [0, 0.05) is 6.54 Å². The van der Waals surface area contributed by atoms with Gasteiger partial charge in [-0.15, -0.1) is 0 Å². The Bertz CT molecular complexity index is 549. The second kappa shape index (κ2) is 7.09. The minimum absolute atomic E-state index is 0.0602. The average molecular weight is 299 g/mol. The van der Waals surface area contributed by atoms with Gasteiger partial charge in [0.05, 0.1) is 22.7 Å². The van der Waals surface area contributed by atoms with Gasteiger partial charge in [-0.25, -0.2) is 0 Å². The maximum absolute atomic E-state index is 12.6. The Kier molecular flexibility index (Phi) is 5.73. The number of anilines is 1. The van der Waals surface area contributed by atoms with Crippen molar-refractivity contribution < 1.29 is 18.0 Å². The van der Waals surface area contributed by atoms with Gasteiger partial charge >= 0.3 is 6.18 Å². The number of hydrogen-bond donors (Lipinski definition) is 2. The number of nitrogens with one attached hydrogen (secondary N) is 1. The van der Waals surface area contributed by atoms with Crippen LogP contribution in [0, 0.1) is 17.2 Å². The normalized spacial score (nSPS) is 12.6. The van der Waals surface area contributed by atoms with Crippen LogP contribution in [0.3, 0.4) is 0 Å². The molecule has 0 aromatic heterocycles. The van der Waals surface area contributed by atoms with Crippen molar-refractivity contribution in [3.05, 3.63) is 29.3 Å². The zero-order valence-electron chi connectivity index (χ0n) is 11.5. The Morgan fingerprint density at radius 1 is 1.48 bits per heavy atom. The summed E-state index contributed by atoms with van der Waals surface area (Å²) in [5.41, 5.74) is 4.39. The maximum Gasteiger partial charge on any atom is 0.416 e. The third-order valence-corrected chi connectivity index (χ3v) is 3.02. The minimum Gasteiger partial charge on any atom is -0.330 e. The predicted molar refractivity (Wildman–Crippen MR) is 72.2 cm³/mol. The van der Waals surface area contributed by atoms with E-state index in [4.69, 9.17) is 11.0 Å². The van der Waals surface area contributed by atoms with Crippen LogP contribution in [-0.4, -0.2) is 12.5 Å². The number of alkyl halides is 3. The van der Waals surface area contributed by atoms with Gasteiger partial charge in [-0.05, 0) is 24.6 Å². The van der Waals surface area contributed by atoms with Gasteiger partial charge in [0.1, 0.15) is 6.07 Å². The summed E-state index contributed by atoms with van der Waals surface area (Å²) in [7, 11) is 0. The predicted octanol–water partition coefficient (Wildman–Crippen LogP) is 2.89. The lowest BCUT2D eigenvalue weighted by Crippen LogP contribution is -2.29. The Morgan fingerprint density at radius 2 is 2.14 bits per heavy atom. The molecule has 1 aromatic rings. The second-order valence-electron chi connectivity index (χ2n) is 4.58. The van der Waals surface area contributed by atoms with Crippen molar-refractivity contribution in [2.45, 2.75) is 25.9 Å². The lowest BCUT2D eigenvalue weighted by molar-refractivity contribution is -0.137. The summed E-state index contributed by atoms with van der Waals surface area (Å²) in [6.07, 6.45) is -3.20. The zero-order valence-corrected chi connectivity index (χ0v) is 11.5. The summed E-state index contributed by atoms with van der Waals surface area (Å²) in [6, 6.07) is 4.28. The largest absolute Gasteiger partial charge is 0.416 e. The lowest BCUT2D eigenvalue weighted by atomic mass is 10.0. The number of hydrogen-bond acceptors (Lipinski definition) is 3. The molecule has 0 spiro atoms. The lowest BCUT2D eigenvalue weighted by Gasteiger charge is -2.15. The van der Waals surface area contributed by atoms with Crippen molar-refractivity contribution in [3.8, 4) is 6.07 Å². The Labute approximate surface area is 120 Å². The molecule has 0 aliphatic carbocycles. The second-order valence-corrected chi connectivity index (χ2v) is 4.58. The van der Waals surface area contributed by atoms with Crippen LogP contribution in [-0.2, 0) is 11.0 Å². The van der Waals surface area contributed by atoms with Crippen molar-refractivity contribution >= 4 is 11.6 Å². The average Bonchev–Trinajstić information content (AvgIpc) is 2.43. The number of nitriles is 1. The highest BCUT2D eigenvalue weighted by molar-refractivity contribution is 5.94. The monoisotopic (exact) mass is 299 g/mol. The molecule has 1 rings (SSSR count). The molecule has 0 heterocycles. The van der Waals surface area contributed by atoms with Crippen LogP contribution in [0.4, 0.5) is 18.9 Å². The van der Waals surface area contributed by atoms with E-state index >= 15 is 0 Å². The molecule has 0 saturated heterocycles. The van der Waals surface area contributed by atoms with Crippen LogP contribution < -0.4 is 11.1 Å². The van der Waals surface area contributed by atoms with E-state index in [0.717, 1.165) is 18.6 Å². The van der Waals surface area contributed by atoms with Crippen molar-refractivity contribution in [1.82, 2.24) is 0 Å². The van der Waals surface area contributed by atoms with Crippen LogP contribution in [0.25, 0.3) is 0 Å². The molecule has 0 radical (unpaired) electrons. The summed E-state index contributed by atoms with van der Waals surface area (Å²) in [5, 5.41) is 11.4. The first-order valence-corrected chi connectivity index (χ1v) is 6.45. The van der Waals surface area contributed by atoms with E-state index in [2.05, 4.69) is 5.32 Å². The fourth-order valence-corrected chi connectivity index (χ4v) is 1.86. The van der Waals surface area contributed by atoms with Crippen LogP contribution in [0.5, 0.6) is 0 Å². The minimum atomic E-state index is -4.53. The Balaban J connectivity index is 2.99. The third kappa shape index (κ3) is 4.46. The van der Waals surface area contributed by atoms with Gasteiger partial charge < -0.3 is 11.1 Å². The first-order valence-electron chi connectivity index (χ1n) is 6.45. The Hall–Kier alpha value is -2.07. The third-order valence-electron chi connectivity index (χ3n) is 3.02. The van der Waals surface area contributed by atoms with E-state index in [-0.39, 0.29) is 17.8 Å². The van der Waals surface area contributed by atoms with Gasteiger partial charge in [-0.3, -0.25) is 4.79 Å². The van der Waals surface area contributed by atoms with Crippen LogP contribution >= 0.6 is 0 Å². The number of halogens is 3. The summed E-state index contributed by atoms with van der Waals surface area (Å²) < 4.78 is 37.7. The SMILES string of the molecule is CCCC(CN)C(=O)Nc1ccc(C(F)(F)F)cc1C#N. The molecule has 0 saturated carbocycles. The number of rotatable bonds is 5. The first-order chi connectivity index (χ1) is 9.83. The highest BCUT2D eigenvalue weighted by atomic mass is 19.4. The number of carbonyl (C=O) groups is 1. The van der Waals surface area contributed by atoms with E-state index in [9.17, 15) is 18.0 Å². The molecule has 7 heteroatoms. The van der Waals surface area contributed by atoms with E-state index < -0.39 is 23.6 Å². The zero-order chi connectivity index (χ0) is 16.0. The van der Waals surface area contributed by atoms with Crippen molar-refractivity contribution in [3.63, 3.8) is 0 Å². The molecule has 21 heavy (non-hydrogen) atoms. The van der Waals surface area contributed by atoms with Gasteiger partial charge in [-0.1, -0.05) is 13.3 Å². The molecular formula is C14H16F3N3O. The molecule has 1 atom stereocenters. The molecule has 1 amide bonds. The summed E-state index contributed by atoms with van der Waals surface area (Å²) in [4.78, 5) is 12.0. The van der Waals surface area contributed by atoms with Crippen molar-refractivity contribution in [2.75, 3.05) is 11.9 Å². The molecule has 4 nitrogen and oxygen atoms in total. The van der Waals surface area contributed by atoms with E-state index in [1.165, 1.54) is 0 Å². The van der Waals surface area contributed by atoms with Gasteiger partial charge in [0.15, 0.2) is 0 Å². The molecule has 1 unspecified atom stereocenters.